The van der Waals surface area contributed by atoms with Gasteiger partial charge < -0.3 is 10.6 Å². The maximum absolute atomic E-state index is 3.53. The number of hydrogen-bond acceptors (Lipinski definition) is 2. The lowest BCUT2D eigenvalue weighted by Gasteiger charge is -2.20. The Bertz CT molecular complexity index is 113. The molecule has 80 valence electrons. The molecule has 0 aromatic rings. The molecule has 0 amide bonds. The van der Waals surface area contributed by atoms with Gasteiger partial charge in [-0.25, -0.2) is 0 Å². The first-order chi connectivity index (χ1) is 6.07. The maximum Gasteiger partial charge on any atom is 0.00794 e. The Morgan fingerprint density at radius 1 is 0.923 bits per heavy atom. The van der Waals surface area contributed by atoms with Gasteiger partial charge in [0.05, 0.1) is 0 Å². The van der Waals surface area contributed by atoms with Gasteiger partial charge in [-0.3, -0.25) is 0 Å². The molecule has 2 nitrogen and oxygen atoms in total. The fourth-order valence-corrected chi connectivity index (χ4v) is 1.22. The molecular weight excluding hydrogens is 160 g/mol. The van der Waals surface area contributed by atoms with Gasteiger partial charge >= 0.3 is 0 Å². The topological polar surface area (TPSA) is 24.1 Å². The lowest BCUT2D eigenvalue weighted by atomic mass is 10.0. The predicted molar refractivity (Wildman–Crippen MR) is 60.1 cm³/mol. The minimum Gasteiger partial charge on any atom is -0.313 e. The van der Waals surface area contributed by atoms with E-state index in [2.05, 4.69) is 45.3 Å². The van der Waals surface area contributed by atoms with E-state index < -0.39 is 0 Å². The summed E-state index contributed by atoms with van der Waals surface area (Å²) in [6.45, 7) is 13.3. The molecule has 0 rings (SSSR count). The third-order valence-electron chi connectivity index (χ3n) is 2.64. The molecule has 0 bridgehead atoms. The number of nitrogens with one attached hydrogen (secondary N) is 2. The SMILES string of the molecule is CCC(C)C(C)NCCNC(C)C. The van der Waals surface area contributed by atoms with E-state index in [1.807, 2.05) is 0 Å². The van der Waals surface area contributed by atoms with E-state index in [-0.39, 0.29) is 0 Å². The first kappa shape index (κ1) is 12.9. The fourth-order valence-electron chi connectivity index (χ4n) is 1.22. The molecule has 2 N–H and O–H groups in total. The zero-order valence-electron chi connectivity index (χ0n) is 9.85. The summed E-state index contributed by atoms with van der Waals surface area (Å²) in [5.74, 6) is 0.777. The Kier molecular flexibility index (Phi) is 7.29. The molecule has 2 atom stereocenters. The van der Waals surface area contributed by atoms with Crippen LogP contribution in [0.25, 0.3) is 0 Å². The van der Waals surface area contributed by atoms with Crippen molar-refractivity contribution in [2.75, 3.05) is 13.1 Å². The van der Waals surface area contributed by atoms with Gasteiger partial charge in [-0.15, -0.1) is 0 Å². The van der Waals surface area contributed by atoms with Gasteiger partial charge in [0, 0.05) is 25.2 Å². The summed E-state index contributed by atoms with van der Waals surface area (Å²) >= 11 is 0. The van der Waals surface area contributed by atoms with Crippen LogP contribution in [0.1, 0.15) is 41.0 Å². The van der Waals surface area contributed by atoms with Crippen LogP contribution >= 0.6 is 0 Å². The van der Waals surface area contributed by atoms with E-state index >= 15 is 0 Å². The minimum absolute atomic E-state index is 0.598. The van der Waals surface area contributed by atoms with Gasteiger partial charge in [-0.05, 0) is 12.8 Å². The number of hydrogen-bond donors (Lipinski definition) is 2. The number of rotatable bonds is 7. The normalized spacial score (nSPS) is 16.2. The molecule has 2 heteroatoms. The molecule has 0 saturated carbocycles. The highest BCUT2D eigenvalue weighted by Crippen LogP contribution is 2.05. The van der Waals surface area contributed by atoms with Crippen molar-refractivity contribution in [1.82, 2.24) is 10.6 Å². The average molecular weight is 186 g/mol. The zero-order valence-corrected chi connectivity index (χ0v) is 9.85. The summed E-state index contributed by atoms with van der Waals surface area (Å²) in [7, 11) is 0. The summed E-state index contributed by atoms with van der Waals surface area (Å²) in [6, 6.07) is 1.24. The molecule has 0 fully saturated rings. The lowest BCUT2D eigenvalue weighted by Crippen LogP contribution is -2.38. The highest BCUT2D eigenvalue weighted by Gasteiger charge is 2.07. The quantitative estimate of drug-likeness (QED) is 0.594. The zero-order chi connectivity index (χ0) is 10.3. The van der Waals surface area contributed by atoms with Crippen LogP contribution < -0.4 is 10.6 Å². The van der Waals surface area contributed by atoms with Crippen LogP contribution in [0.4, 0.5) is 0 Å². The second-order valence-corrected chi connectivity index (χ2v) is 4.24. The summed E-state index contributed by atoms with van der Waals surface area (Å²) in [4.78, 5) is 0. The summed E-state index contributed by atoms with van der Waals surface area (Å²) in [5.41, 5.74) is 0. The van der Waals surface area contributed by atoms with Crippen molar-refractivity contribution in [3.05, 3.63) is 0 Å². The minimum atomic E-state index is 0.598. The first-order valence-electron chi connectivity index (χ1n) is 5.54. The van der Waals surface area contributed by atoms with Crippen molar-refractivity contribution in [3.8, 4) is 0 Å². The van der Waals surface area contributed by atoms with Crippen LogP contribution in [-0.2, 0) is 0 Å². The highest BCUT2D eigenvalue weighted by molar-refractivity contribution is 4.67. The lowest BCUT2D eigenvalue weighted by molar-refractivity contribution is 0.386. The average Bonchev–Trinajstić information content (AvgIpc) is 2.10. The molecule has 0 radical (unpaired) electrons. The molecule has 13 heavy (non-hydrogen) atoms. The van der Waals surface area contributed by atoms with Crippen molar-refractivity contribution in [3.63, 3.8) is 0 Å². The smallest absolute Gasteiger partial charge is 0.00794 e. The fraction of sp³-hybridized carbons (Fsp3) is 1.00. The Morgan fingerprint density at radius 3 is 1.92 bits per heavy atom. The van der Waals surface area contributed by atoms with Gasteiger partial charge in [0.1, 0.15) is 0 Å². The van der Waals surface area contributed by atoms with Crippen LogP contribution in [0.5, 0.6) is 0 Å². The monoisotopic (exact) mass is 186 g/mol. The van der Waals surface area contributed by atoms with Crippen LogP contribution in [0, 0.1) is 5.92 Å². The molecule has 0 aromatic heterocycles. The molecule has 0 aromatic carbocycles. The van der Waals surface area contributed by atoms with Crippen molar-refractivity contribution < 1.29 is 0 Å². The molecule has 0 aliphatic rings. The van der Waals surface area contributed by atoms with Crippen molar-refractivity contribution in [2.45, 2.75) is 53.1 Å². The van der Waals surface area contributed by atoms with E-state index in [0.717, 1.165) is 19.0 Å². The van der Waals surface area contributed by atoms with Gasteiger partial charge in [0.15, 0.2) is 0 Å². The first-order valence-corrected chi connectivity index (χ1v) is 5.54. The maximum atomic E-state index is 3.53. The van der Waals surface area contributed by atoms with Gasteiger partial charge in [-0.2, -0.15) is 0 Å². The predicted octanol–water partition coefficient (Wildman–Crippen LogP) is 2.01. The van der Waals surface area contributed by atoms with Crippen molar-refractivity contribution >= 4 is 0 Å². The molecule has 0 saturated heterocycles. The Morgan fingerprint density at radius 2 is 1.46 bits per heavy atom. The van der Waals surface area contributed by atoms with E-state index in [1.165, 1.54) is 6.42 Å². The Labute approximate surface area is 83.5 Å². The largest absolute Gasteiger partial charge is 0.313 e. The van der Waals surface area contributed by atoms with E-state index in [0.29, 0.717) is 12.1 Å². The molecule has 0 spiro atoms. The van der Waals surface area contributed by atoms with Crippen molar-refractivity contribution in [2.24, 2.45) is 5.92 Å². The second-order valence-electron chi connectivity index (χ2n) is 4.24. The summed E-state index contributed by atoms with van der Waals surface area (Å²) in [6.07, 6.45) is 1.26. The third-order valence-corrected chi connectivity index (χ3v) is 2.64. The summed E-state index contributed by atoms with van der Waals surface area (Å²) in [5, 5.41) is 6.92. The van der Waals surface area contributed by atoms with Gasteiger partial charge in [-0.1, -0.05) is 34.1 Å². The van der Waals surface area contributed by atoms with Crippen LogP contribution in [0.2, 0.25) is 0 Å². The molecule has 0 heterocycles. The van der Waals surface area contributed by atoms with Crippen LogP contribution in [-0.4, -0.2) is 25.2 Å². The van der Waals surface area contributed by atoms with Gasteiger partial charge in [0.25, 0.3) is 0 Å². The van der Waals surface area contributed by atoms with E-state index in [1.54, 1.807) is 0 Å². The van der Waals surface area contributed by atoms with E-state index in [9.17, 15) is 0 Å². The second kappa shape index (κ2) is 7.34. The third kappa shape index (κ3) is 7.03. The van der Waals surface area contributed by atoms with Crippen molar-refractivity contribution in [1.29, 1.82) is 0 Å². The van der Waals surface area contributed by atoms with Crippen LogP contribution in [0.3, 0.4) is 0 Å². The molecular formula is C11H26N2. The summed E-state index contributed by atoms with van der Waals surface area (Å²) < 4.78 is 0. The Hall–Kier alpha value is -0.0800. The molecule has 0 aliphatic carbocycles. The standard InChI is InChI=1S/C11H26N2/c1-6-10(4)11(5)13-8-7-12-9(2)3/h9-13H,6-8H2,1-5H3. The molecule has 2 unspecified atom stereocenters. The molecule has 0 aliphatic heterocycles. The van der Waals surface area contributed by atoms with Gasteiger partial charge in [0.2, 0.25) is 0 Å². The van der Waals surface area contributed by atoms with Crippen LogP contribution in [0.15, 0.2) is 0 Å². The highest BCUT2D eigenvalue weighted by atomic mass is 15.0. The Balaban J connectivity index is 3.31. The van der Waals surface area contributed by atoms with E-state index in [4.69, 9.17) is 0 Å².